The molecular weight excluding hydrogens is 292 g/mol. The van der Waals surface area contributed by atoms with Crippen molar-refractivity contribution < 1.29 is 9.72 Å². The van der Waals surface area contributed by atoms with Gasteiger partial charge in [-0.1, -0.05) is 30.4 Å². The second-order valence-electron chi connectivity index (χ2n) is 4.31. The minimum atomic E-state index is -0.476. The summed E-state index contributed by atoms with van der Waals surface area (Å²) in [5.74, 6) is 0. The minimum Gasteiger partial charge on any atom is -0.296 e. The SMILES string of the molecule is CCc1nn2c(C=O)c(-c3cccc([N+](=O)[O-])c3)nc2s1. The molecule has 8 heteroatoms. The number of fused-ring (bicyclic) bond motifs is 1. The molecule has 0 N–H and O–H groups in total. The van der Waals surface area contributed by atoms with Crippen molar-refractivity contribution >= 4 is 28.3 Å². The highest BCUT2D eigenvalue weighted by atomic mass is 32.1. The van der Waals surface area contributed by atoms with Gasteiger partial charge in [-0.05, 0) is 6.42 Å². The number of aldehydes is 1. The van der Waals surface area contributed by atoms with Crippen LogP contribution in [0.25, 0.3) is 16.2 Å². The highest BCUT2D eigenvalue weighted by molar-refractivity contribution is 7.16. The molecule has 7 nitrogen and oxygen atoms in total. The van der Waals surface area contributed by atoms with Crippen LogP contribution in [0.4, 0.5) is 5.69 Å². The summed E-state index contributed by atoms with van der Waals surface area (Å²) >= 11 is 1.40. The molecule has 0 aliphatic carbocycles. The third kappa shape index (κ3) is 2.19. The van der Waals surface area contributed by atoms with Crippen LogP contribution in [0.2, 0.25) is 0 Å². The smallest absolute Gasteiger partial charge is 0.270 e. The van der Waals surface area contributed by atoms with E-state index in [1.54, 1.807) is 12.1 Å². The molecule has 0 saturated heterocycles. The van der Waals surface area contributed by atoms with Crippen LogP contribution in [-0.4, -0.2) is 25.8 Å². The molecule has 2 heterocycles. The third-order valence-corrected chi connectivity index (χ3v) is 4.08. The van der Waals surface area contributed by atoms with E-state index < -0.39 is 4.92 Å². The average molecular weight is 302 g/mol. The van der Waals surface area contributed by atoms with E-state index in [1.807, 2.05) is 6.92 Å². The predicted octanol–water partition coefficient (Wildman–Crippen LogP) is 2.74. The van der Waals surface area contributed by atoms with Gasteiger partial charge in [0, 0.05) is 17.7 Å². The van der Waals surface area contributed by atoms with Gasteiger partial charge in [0.1, 0.15) is 16.4 Å². The van der Waals surface area contributed by atoms with E-state index in [-0.39, 0.29) is 5.69 Å². The second kappa shape index (κ2) is 5.06. The Bertz CT molecular complexity index is 852. The van der Waals surface area contributed by atoms with Gasteiger partial charge >= 0.3 is 0 Å². The number of nitro groups is 1. The molecule has 0 unspecified atom stereocenters. The lowest BCUT2D eigenvalue weighted by molar-refractivity contribution is -0.384. The zero-order chi connectivity index (χ0) is 15.0. The fraction of sp³-hybridized carbons (Fsp3) is 0.154. The maximum absolute atomic E-state index is 11.4. The van der Waals surface area contributed by atoms with Crippen LogP contribution in [0.3, 0.4) is 0 Å². The molecule has 0 aliphatic heterocycles. The monoisotopic (exact) mass is 302 g/mol. The number of hydrogen-bond acceptors (Lipinski definition) is 6. The van der Waals surface area contributed by atoms with E-state index in [4.69, 9.17) is 0 Å². The predicted molar refractivity (Wildman–Crippen MR) is 77.7 cm³/mol. The van der Waals surface area contributed by atoms with E-state index in [9.17, 15) is 14.9 Å². The summed E-state index contributed by atoms with van der Waals surface area (Å²) in [4.78, 5) is 26.7. The zero-order valence-corrected chi connectivity index (χ0v) is 11.8. The van der Waals surface area contributed by atoms with Crippen molar-refractivity contribution in [3.63, 3.8) is 0 Å². The molecule has 0 aliphatic rings. The Morgan fingerprint density at radius 1 is 1.48 bits per heavy atom. The Kier molecular flexibility index (Phi) is 3.22. The van der Waals surface area contributed by atoms with Crippen LogP contribution in [-0.2, 0) is 6.42 Å². The third-order valence-electron chi connectivity index (χ3n) is 3.02. The summed E-state index contributed by atoms with van der Waals surface area (Å²) in [5.41, 5.74) is 1.21. The minimum absolute atomic E-state index is 0.0390. The number of benzene rings is 1. The van der Waals surface area contributed by atoms with E-state index >= 15 is 0 Å². The molecule has 1 aromatic carbocycles. The van der Waals surface area contributed by atoms with Crippen molar-refractivity contribution in [3.05, 3.63) is 45.1 Å². The molecule has 0 amide bonds. The van der Waals surface area contributed by atoms with Crippen molar-refractivity contribution in [1.29, 1.82) is 0 Å². The summed E-state index contributed by atoms with van der Waals surface area (Å²) in [6, 6.07) is 6.06. The molecule has 2 aromatic heterocycles. The number of nitrogens with zero attached hydrogens (tertiary/aromatic N) is 4. The van der Waals surface area contributed by atoms with Crippen LogP contribution >= 0.6 is 11.3 Å². The summed E-state index contributed by atoms with van der Waals surface area (Å²) < 4.78 is 1.49. The summed E-state index contributed by atoms with van der Waals surface area (Å²) in [6.45, 7) is 1.97. The number of carbonyl (C=O) groups is 1. The highest BCUT2D eigenvalue weighted by Gasteiger charge is 2.18. The first-order valence-corrected chi connectivity index (χ1v) is 7.04. The maximum atomic E-state index is 11.4. The number of hydrogen-bond donors (Lipinski definition) is 0. The van der Waals surface area contributed by atoms with Gasteiger partial charge in [0.25, 0.3) is 5.69 Å². The number of aromatic nitrogens is 3. The summed E-state index contributed by atoms with van der Waals surface area (Å²) in [5, 5.41) is 16.0. The number of rotatable bonds is 4. The van der Waals surface area contributed by atoms with Crippen molar-refractivity contribution in [2.24, 2.45) is 0 Å². The quantitative estimate of drug-likeness (QED) is 0.420. The number of non-ortho nitro benzene ring substituents is 1. The van der Waals surface area contributed by atoms with Crippen LogP contribution in [0, 0.1) is 10.1 Å². The molecule has 0 bridgehead atoms. The molecule has 0 atom stereocenters. The topological polar surface area (TPSA) is 90.4 Å². The lowest BCUT2D eigenvalue weighted by Gasteiger charge is -1.98. The van der Waals surface area contributed by atoms with Crippen LogP contribution in [0.1, 0.15) is 22.4 Å². The van der Waals surface area contributed by atoms with Gasteiger partial charge in [-0.2, -0.15) is 9.61 Å². The molecule has 21 heavy (non-hydrogen) atoms. The molecule has 3 aromatic rings. The van der Waals surface area contributed by atoms with E-state index in [0.29, 0.717) is 28.2 Å². The molecular formula is C13H10N4O3S. The number of aryl methyl sites for hydroxylation is 1. The van der Waals surface area contributed by atoms with Gasteiger partial charge < -0.3 is 0 Å². The second-order valence-corrected chi connectivity index (χ2v) is 5.36. The van der Waals surface area contributed by atoms with Gasteiger partial charge in [0.2, 0.25) is 4.96 Å². The standard InChI is InChI=1S/C13H10N4O3S/c1-2-11-15-16-10(7-18)12(14-13(16)21-11)8-4-3-5-9(6-8)17(19)20/h3-7H,2H2,1H3. The Labute approximate surface area is 123 Å². The van der Waals surface area contributed by atoms with Gasteiger partial charge in [0.05, 0.1) is 4.92 Å². The van der Waals surface area contributed by atoms with Crippen molar-refractivity contribution in [3.8, 4) is 11.3 Å². The number of carbonyl (C=O) groups excluding carboxylic acids is 1. The van der Waals surface area contributed by atoms with Gasteiger partial charge in [0.15, 0.2) is 6.29 Å². The Morgan fingerprint density at radius 2 is 2.29 bits per heavy atom. The first kappa shape index (κ1) is 13.4. The highest BCUT2D eigenvalue weighted by Crippen LogP contribution is 2.28. The first-order chi connectivity index (χ1) is 10.1. The van der Waals surface area contributed by atoms with Crippen LogP contribution < -0.4 is 0 Å². The average Bonchev–Trinajstić information content (AvgIpc) is 3.03. The van der Waals surface area contributed by atoms with E-state index in [0.717, 1.165) is 11.4 Å². The fourth-order valence-corrected chi connectivity index (χ4v) is 2.87. The molecule has 0 fully saturated rings. The fourth-order valence-electron chi connectivity index (χ4n) is 2.03. The summed E-state index contributed by atoms with van der Waals surface area (Å²) in [6.07, 6.45) is 1.44. The lowest BCUT2D eigenvalue weighted by Crippen LogP contribution is -1.95. The Hall–Kier alpha value is -2.61. The van der Waals surface area contributed by atoms with Gasteiger partial charge in [-0.3, -0.25) is 14.9 Å². The van der Waals surface area contributed by atoms with E-state index in [2.05, 4.69) is 10.1 Å². The van der Waals surface area contributed by atoms with Crippen molar-refractivity contribution in [2.75, 3.05) is 0 Å². The van der Waals surface area contributed by atoms with Crippen LogP contribution in [0.5, 0.6) is 0 Å². The molecule has 0 saturated carbocycles. The summed E-state index contributed by atoms with van der Waals surface area (Å²) in [7, 11) is 0. The van der Waals surface area contributed by atoms with E-state index in [1.165, 1.54) is 28.0 Å². The van der Waals surface area contributed by atoms with Crippen molar-refractivity contribution in [1.82, 2.24) is 14.6 Å². The molecule has 3 rings (SSSR count). The Morgan fingerprint density at radius 3 is 2.95 bits per heavy atom. The molecule has 106 valence electrons. The van der Waals surface area contributed by atoms with Gasteiger partial charge in [-0.25, -0.2) is 4.98 Å². The lowest BCUT2D eigenvalue weighted by atomic mass is 10.1. The van der Waals surface area contributed by atoms with Gasteiger partial charge in [-0.15, -0.1) is 0 Å². The molecule has 0 spiro atoms. The number of nitro benzene ring substituents is 1. The van der Waals surface area contributed by atoms with Crippen LogP contribution in [0.15, 0.2) is 24.3 Å². The van der Waals surface area contributed by atoms with Crippen molar-refractivity contribution in [2.45, 2.75) is 13.3 Å². The zero-order valence-electron chi connectivity index (χ0n) is 11.0. The Balaban J connectivity index is 2.20. The largest absolute Gasteiger partial charge is 0.296 e. The molecule has 0 radical (unpaired) electrons. The normalized spacial score (nSPS) is 10.9. The first-order valence-electron chi connectivity index (χ1n) is 6.22. The maximum Gasteiger partial charge on any atom is 0.270 e. The number of imidazole rings is 1.